The molecule has 0 radical (unpaired) electrons. The van der Waals surface area contributed by atoms with Crippen molar-refractivity contribution in [1.29, 1.82) is 0 Å². The summed E-state index contributed by atoms with van der Waals surface area (Å²) in [5, 5.41) is 0. The van der Waals surface area contributed by atoms with E-state index in [2.05, 4.69) is 9.46 Å². The molecule has 0 fully saturated rings. The van der Waals surface area contributed by atoms with Gasteiger partial charge in [0.05, 0.1) is 12.8 Å². The number of esters is 1. The minimum Gasteiger partial charge on any atom is -0.452 e. The number of sulfonamides is 1. The molecule has 0 aliphatic carbocycles. The Morgan fingerprint density at radius 3 is 2.25 bits per heavy atom. The number of amides is 1. The number of nitrogens with one attached hydrogen (secondary N) is 1. The van der Waals surface area contributed by atoms with Crippen molar-refractivity contribution in [2.75, 3.05) is 19.3 Å². The van der Waals surface area contributed by atoms with Crippen LogP contribution in [0.25, 0.3) is 0 Å². The number of hydrogen-bond acceptors (Lipinski definition) is 6. The van der Waals surface area contributed by atoms with Gasteiger partial charge in [0.2, 0.25) is 15.9 Å². The van der Waals surface area contributed by atoms with Gasteiger partial charge in [0, 0.05) is 31.6 Å². The lowest BCUT2D eigenvalue weighted by Gasteiger charge is -2.31. The summed E-state index contributed by atoms with van der Waals surface area (Å²) in [6.07, 6.45) is -5.89. The molecule has 0 aliphatic heterocycles. The third-order valence-electron chi connectivity index (χ3n) is 5.82. The van der Waals surface area contributed by atoms with Gasteiger partial charge in [-0.1, -0.05) is 31.2 Å². The van der Waals surface area contributed by atoms with Crippen LogP contribution in [0.2, 0.25) is 0 Å². The first-order chi connectivity index (χ1) is 18.6. The fourth-order valence-corrected chi connectivity index (χ4v) is 4.41. The van der Waals surface area contributed by atoms with Gasteiger partial charge >= 0.3 is 12.1 Å². The second-order valence-electron chi connectivity index (χ2n) is 9.31. The zero-order valence-electron chi connectivity index (χ0n) is 22.0. The summed E-state index contributed by atoms with van der Waals surface area (Å²) in [7, 11) is -3.50. The zero-order chi connectivity index (χ0) is 30.1. The second kappa shape index (κ2) is 14.5. The van der Waals surface area contributed by atoms with E-state index < -0.39 is 58.4 Å². The van der Waals surface area contributed by atoms with Crippen molar-refractivity contribution >= 4 is 21.9 Å². The van der Waals surface area contributed by atoms with Crippen molar-refractivity contribution in [3.05, 3.63) is 70.8 Å². The van der Waals surface area contributed by atoms with Crippen LogP contribution in [0.1, 0.15) is 36.5 Å². The minimum atomic E-state index is -5.36. The third-order valence-corrected chi connectivity index (χ3v) is 6.55. The van der Waals surface area contributed by atoms with Crippen LogP contribution in [-0.2, 0) is 43.7 Å². The van der Waals surface area contributed by atoms with Gasteiger partial charge in [0.25, 0.3) is 0 Å². The summed E-state index contributed by atoms with van der Waals surface area (Å²) in [5.74, 6) is -4.95. The summed E-state index contributed by atoms with van der Waals surface area (Å²) < 4.78 is 96.1. The van der Waals surface area contributed by atoms with E-state index in [9.17, 15) is 40.0 Å². The molecule has 2 aromatic carbocycles. The summed E-state index contributed by atoms with van der Waals surface area (Å²) in [4.78, 5) is 26.1. The van der Waals surface area contributed by atoms with Gasteiger partial charge in [-0.15, -0.1) is 0 Å². The number of ether oxygens (including phenoxy) is 1. The number of carbonyl (C=O) groups is 2. The summed E-state index contributed by atoms with van der Waals surface area (Å²) in [6.45, 7) is 1.22. The van der Waals surface area contributed by atoms with Gasteiger partial charge in [0.15, 0.2) is 0 Å². The monoisotopic (exact) mass is 593 g/mol. The van der Waals surface area contributed by atoms with Crippen LogP contribution < -0.4 is 10.5 Å². The summed E-state index contributed by atoms with van der Waals surface area (Å²) in [5.41, 5.74) is 7.69. The Morgan fingerprint density at radius 1 is 1.05 bits per heavy atom. The number of halogens is 5. The van der Waals surface area contributed by atoms with Crippen molar-refractivity contribution in [1.82, 2.24) is 9.62 Å². The Labute approximate surface area is 229 Å². The van der Waals surface area contributed by atoms with Gasteiger partial charge in [-0.3, -0.25) is 4.79 Å². The molecule has 14 heteroatoms. The average molecular weight is 594 g/mol. The van der Waals surface area contributed by atoms with Crippen LogP contribution in [-0.4, -0.2) is 62.9 Å². The molecular formula is C26H32F5N3O5S. The number of aryl methyl sites for hydroxylation is 1. The predicted octanol–water partition coefficient (Wildman–Crippen LogP) is 3.23. The number of nitrogens with two attached hydrogens (primary N) is 1. The van der Waals surface area contributed by atoms with Crippen molar-refractivity contribution in [2.24, 2.45) is 5.73 Å². The van der Waals surface area contributed by atoms with E-state index in [1.165, 1.54) is 0 Å². The van der Waals surface area contributed by atoms with Gasteiger partial charge in [0.1, 0.15) is 17.7 Å². The molecule has 2 aromatic rings. The van der Waals surface area contributed by atoms with Crippen LogP contribution in [0, 0.1) is 11.6 Å². The van der Waals surface area contributed by atoms with E-state index in [0.29, 0.717) is 18.1 Å². The lowest BCUT2D eigenvalue weighted by atomic mass is 10.0. The van der Waals surface area contributed by atoms with E-state index in [4.69, 9.17) is 5.73 Å². The van der Waals surface area contributed by atoms with Crippen molar-refractivity contribution in [2.45, 2.75) is 57.5 Å². The first-order valence-corrected chi connectivity index (χ1v) is 14.2. The fraction of sp³-hybridized carbons (Fsp3) is 0.462. The number of nitrogens with zero attached hydrogens (tertiary/aromatic N) is 1. The Bertz CT molecular complexity index is 1250. The maximum atomic E-state index is 13.7. The Balaban J connectivity index is 2.34. The van der Waals surface area contributed by atoms with E-state index >= 15 is 0 Å². The maximum Gasteiger partial charge on any atom is 0.490 e. The zero-order valence-corrected chi connectivity index (χ0v) is 22.8. The number of benzene rings is 2. The highest BCUT2D eigenvalue weighted by molar-refractivity contribution is 7.88. The van der Waals surface area contributed by atoms with Crippen LogP contribution in [0.15, 0.2) is 42.5 Å². The van der Waals surface area contributed by atoms with Crippen LogP contribution in [0.3, 0.4) is 0 Å². The summed E-state index contributed by atoms with van der Waals surface area (Å²) in [6, 6.07) is 8.23. The maximum absolute atomic E-state index is 13.7. The highest BCUT2D eigenvalue weighted by atomic mass is 32.2. The quantitative estimate of drug-likeness (QED) is 0.197. The minimum absolute atomic E-state index is 0.0124. The topological polar surface area (TPSA) is 119 Å². The van der Waals surface area contributed by atoms with Crippen molar-refractivity contribution in [3.8, 4) is 0 Å². The van der Waals surface area contributed by atoms with Gasteiger partial charge in [-0.2, -0.15) is 13.2 Å². The Hall–Kier alpha value is -3.10. The van der Waals surface area contributed by atoms with Gasteiger partial charge < -0.3 is 15.4 Å². The lowest BCUT2D eigenvalue weighted by molar-refractivity contribution is -0.206. The molecular weight excluding hydrogens is 561 g/mol. The highest BCUT2D eigenvalue weighted by Crippen LogP contribution is 2.21. The lowest BCUT2D eigenvalue weighted by Crippen LogP contribution is -2.50. The number of hydrogen-bond donors (Lipinski definition) is 2. The molecule has 0 saturated heterocycles. The first kappa shape index (κ1) is 33.1. The number of carbonyl (C=O) groups excluding carboxylic acids is 2. The molecule has 2 atom stereocenters. The molecule has 0 saturated carbocycles. The molecule has 0 unspecified atom stereocenters. The first-order valence-electron chi connectivity index (χ1n) is 12.4. The van der Waals surface area contributed by atoms with E-state index in [1.54, 1.807) is 18.2 Å². The summed E-state index contributed by atoms with van der Waals surface area (Å²) >= 11 is 0. The molecule has 0 spiro atoms. The van der Waals surface area contributed by atoms with Crippen molar-refractivity contribution < 1.29 is 44.7 Å². The largest absolute Gasteiger partial charge is 0.490 e. The van der Waals surface area contributed by atoms with E-state index in [-0.39, 0.29) is 37.9 Å². The van der Waals surface area contributed by atoms with E-state index in [1.807, 2.05) is 13.0 Å². The molecule has 222 valence electrons. The molecule has 0 bridgehead atoms. The molecule has 40 heavy (non-hydrogen) atoms. The van der Waals surface area contributed by atoms with E-state index in [0.717, 1.165) is 28.9 Å². The van der Waals surface area contributed by atoms with Crippen LogP contribution >= 0.6 is 0 Å². The van der Waals surface area contributed by atoms with Crippen molar-refractivity contribution in [3.63, 3.8) is 0 Å². The molecule has 0 heterocycles. The molecule has 2 rings (SSSR count). The Kier molecular flexibility index (Phi) is 12.0. The molecule has 1 amide bonds. The average Bonchev–Trinajstić information content (AvgIpc) is 2.83. The smallest absolute Gasteiger partial charge is 0.452 e. The van der Waals surface area contributed by atoms with Crippen LogP contribution in [0.4, 0.5) is 22.0 Å². The molecule has 0 aliphatic rings. The highest BCUT2D eigenvalue weighted by Gasteiger charge is 2.43. The number of alkyl halides is 3. The predicted molar refractivity (Wildman–Crippen MR) is 137 cm³/mol. The molecule has 0 aromatic heterocycles. The third kappa shape index (κ3) is 11.6. The molecule has 3 N–H and O–H groups in total. The standard InChI is InChI=1S/C26H32F5N3O5S/c1-3-17-6-4-7-18(10-17)15-34(24(35)8-5-9-33-40(2,37)38)16-23(39-25(36)26(29,30)31)22(32)13-19-11-20(27)14-21(28)12-19/h4,6-7,10-12,14,22-23,33H,3,5,8-9,13,15-16,32H2,1-2H3/t22-,23+/m0/s1. The van der Waals surface area contributed by atoms with Crippen LogP contribution in [0.5, 0.6) is 0 Å². The number of rotatable bonds is 14. The Morgan fingerprint density at radius 2 is 1.68 bits per heavy atom. The van der Waals surface area contributed by atoms with Gasteiger partial charge in [-0.05, 0) is 48.1 Å². The van der Waals surface area contributed by atoms with Gasteiger partial charge in [-0.25, -0.2) is 26.7 Å². The fourth-order valence-electron chi connectivity index (χ4n) is 3.89. The SMILES string of the molecule is CCc1cccc(CN(C[C@@H](OC(=O)C(F)(F)F)[C@@H](N)Cc2cc(F)cc(F)c2)C(=O)CCCNS(C)(=O)=O)c1. The second-order valence-corrected chi connectivity index (χ2v) is 11.1. The molecule has 8 nitrogen and oxygen atoms in total. The normalized spacial score (nSPS) is 13.5.